The van der Waals surface area contributed by atoms with Crippen molar-refractivity contribution in [2.24, 2.45) is 5.92 Å². The molecule has 4 aromatic rings. The molecule has 1 aliphatic heterocycles. The van der Waals surface area contributed by atoms with Crippen LogP contribution in [0.2, 0.25) is 5.02 Å². The zero-order chi connectivity index (χ0) is 22.6. The van der Waals surface area contributed by atoms with Crippen molar-refractivity contribution in [1.82, 2.24) is 10.2 Å². The van der Waals surface area contributed by atoms with Crippen LogP contribution in [0, 0.1) is 5.92 Å². The smallest absolute Gasteiger partial charge is 0.297 e. The number of hydrogen-bond acceptors (Lipinski definition) is 6. The van der Waals surface area contributed by atoms with E-state index in [1.807, 2.05) is 24.3 Å². The van der Waals surface area contributed by atoms with E-state index in [0.29, 0.717) is 27.0 Å². The first kappa shape index (κ1) is 21.3. The first-order chi connectivity index (χ1) is 15.3. The minimum atomic E-state index is -0.676. The number of hydrogen-bond donors (Lipinski definition) is 0. The number of amides is 1. The molecule has 2 aromatic carbocycles. The highest BCUT2D eigenvalue weighted by Crippen LogP contribution is 2.42. The second-order valence-electron chi connectivity index (χ2n) is 8.02. The van der Waals surface area contributed by atoms with Crippen molar-refractivity contribution >= 4 is 60.9 Å². The molecule has 0 fully saturated rings. The molecule has 0 saturated heterocycles. The number of carbonyl (C=O) groups excluding carboxylic acids is 1. The molecule has 0 aliphatic carbocycles. The average molecular weight is 531 g/mol. The molecule has 1 unspecified atom stereocenters. The third kappa shape index (κ3) is 3.56. The number of nitrogens with zero attached hydrogens (tertiary/aromatic N) is 3. The van der Waals surface area contributed by atoms with Crippen molar-refractivity contribution in [1.29, 1.82) is 0 Å². The van der Waals surface area contributed by atoms with E-state index in [0.717, 1.165) is 21.5 Å². The molecule has 5 rings (SSSR count). The molecular weight excluding hydrogens is 514 g/mol. The largest absolute Gasteiger partial charge is 0.450 e. The van der Waals surface area contributed by atoms with Gasteiger partial charge in [-0.05, 0) is 41.8 Å². The van der Waals surface area contributed by atoms with Crippen LogP contribution >= 0.6 is 38.9 Å². The van der Waals surface area contributed by atoms with Crippen LogP contribution < -0.4 is 10.3 Å². The highest BCUT2D eigenvalue weighted by Gasteiger charge is 2.45. The summed E-state index contributed by atoms with van der Waals surface area (Å²) in [7, 11) is 0. The molecule has 0 N–H and O–H groups in total. The summed E-state index contributed by atoms with van der Waals surface area (Å²) in [5, 5.41) is 10.6. The number of benzene rings is 2. The molecular formula is C23H17BrClN3O3S. The minimum Gasteiger partial charge on any atom is -0.450 e. The number of rotatable bonds is 4. The zero-order valence-electron chi connectivity index (χ0n) is 17.1. The van der Waals surface area contributed by atoms with Crippen LogP contribution in [-0.2, 0) is 6.42 Å². The number of carbonyl (C=O) groups is 1. The average Bonchev–Trinajstić information content (AvgIpc) is 3.31. The quantitative estimate of drug-likeness (QED) is 0.323. The van der Waals surface area contributed by atoms with Crippen molar-refractivity contribution < 1.29 is 9.21 Å². The third-order valence-electron chi connectivity index (χ3n) is 5.26. The maximum atomic E-state index is 13.6. The first-order valence-corrected chi connectivity index (χ1v) is 12.0. The Morgan fingerprint density at radius 1 is 1.16 bits per heavy atom. The lowest BCUT2D eigenvalue weighted by molar-refractivity contribution is 0.0970. The number of anilines is 1. The van der Waals surface area contributed by atoms with E-state index < -0.39 is 11.9 Å². The predicted octanol–water partition coefficient (Wildman–Crippen LogP) is 6.01. The normalized spacial score (nSPS) is 15.7. The SMILES string of the molecule is CC(C)Cc1nnc(N2C(=O)c3oc4ccc(Cl)cc4c(=O)c3C2c2ccc(Br)cc2)s1. The Kier molecular flexibility index (Phi) is 5.39. The molecule has 2 aromatic heterocycles. The molecule has 0 bridgehead atoms. The van der Waals surface area contributed by atoms with Gasteiger partial charge in [-0.1, -0.05) is 64.8 Å². The molecule has 162 valence electrons. The van der Waals surface area contributed by atoms with E-state index in [4.69, 9.17) is 16.0 Å². The van der Waals surface area contributed by atoms with Crippen molar-refractivity contribution in [3.8, 4) is 0 Å². The fourth-order valence-corrected chi connectivity index (χ4v) is 5.39. The molecule has 9 heteroatoms. The van der Waals surface area contributed by atoms with E-state index >= 15 is 0 Å². The predicted molar refractivity (Wildman–Crippen MR) is 129 cm³/mol. The first-order valence-electron chi connectivity index (χ1n) is 10.0. The van der Waals surface area contributed by atoms with Gasteiger partial charge < -0.3 is 4.42 Å². The van der Waals surface area contributed by atoms with Gasteiger partial charge in [-0.3, -0.25) is 14.5 Å². The highest BCUT2D eigenvalue weighted by molar-refractivity contribution is 9.10. The van der Waals surface area contributed by atoms with Crippen molar-refractivity contribution in [2.45, 2.75) is 26.3 Å². The number of fused-ring (bicyclic) bond motifs is 2. The van der Waals surface area contributed by atoms with Gasteiger partial charge in [0.25, 0.3) is 5.91 Å². The zero-order valence-corrected chi connectivity index (χ0v) is 20.3. The van der Waals surface area contributed by atoms with E-state index in [1.165, 1.54) is 16.2 Å². The fraction of sp³-hybridized carbons (Fsp3) is 0.217. The second kappa shape index (κ2) is 8.10. The summed E-state index contributed by atoms with van der Waals surface area (Å²) in [5.74, 6) is 0.0234. The molecule has 1 amide bonds. The Bertz CT molecular complexity index is 1410. The monoisotopic (exact) mass is 529 g/mol. The summed E-state index contributed by atoms with van der Waals surface area (Å²) < 4.78 is 6.84. The van der Waals surface area contributed by atoms with Gasteiger partial charge in [0.2, 0.25) is 10.9 Å². The maximum absolute atomic E-state index is 13.6. The van der Waals surface area contributed by atoms with Crippen molar-refractivity contribution in [3.63, 3.8) is 0 Å². The lowest BCUT2D eigenvalue weighted by Crippen LogP contribution is -2.29. The van der Waals surface area contributed by atoms with Gasteiger partial charge in [0, 0.05) is 15.9 Å². The maximum Gasteiger partial charge on any atom is 0.297 e. The van der Waals surface area contributed by atoms with Crippen LogP contribution in [0.3, 0.4) is 0 Å². The molecule has 0 saturated carbocycles. The summed E-state index contributed by atoms with van der Waals surface area (Å²) in [6, 6.07) is 11.6. The summed E-state index contributed by atoms with van der Waals surface area (Å²) in [4.78, 5) is 28.6. The molecule has 1 aliphatic rings. The Balaban J connectivity index is 1.74. The van der Waals surface area contributed by atoms with Crippen LogP contribution in [0.15, 0.2) is 56.1 Å². The molecule has 32 heavy (non-hydrogen) atoms. The van der Waals surface area contributed by atoms with Crippen molar-refractivity contribution in [2.75, 3.05) is 4.90 Å². The van der Waals surface area contributed by atoms with Crippen LogP contribution in [0.1, 0.15) is 46.6 Å². The molecule has 6 nitrogen and oxygen atoms in total. The van der Waals surface area contributed by atoms with Gasteiger partial charge in [-0.25, -0.2) is 0 Å². The standard InChI is InChI=1S/C23H17BrClN3O3S/c1-11(2)9-17-26-27-23(32-17)28-19(12-3-5-13(24)6-4-12)18-20(29)15-10-14(25)7-8-16(15)31-21(18)22(28)30/h3-8,10-11,19H,9H2,1-2H3. The van der Waals surface area contributed by atoms with E-state index in [9.17, 15) is 9.59 Å². The van der Waals surface area contributed by atoms with E-state index in [2.05, 4.69) is 40.0 Å². The molecule has 0 spiro atoms. The van der Waals surface area contributed by atoms with Gasteiger partial charge in [0.05, 0.1) is 17.0 Å². The lowest BCUT2D eigenvalue weighted by atomic mass is 9.99. The summed E-state index contributed by atoms with van der Waals surface area (Å²) in [5.41, 5.74) is 1.10. The van der Waals surface area contributed by atoms with Crippen molar-refractivity contribution in [3.05, 3.63) is 84.1 Å². The number of halogens is 2. The Hall–Kier alpha value is -2.55. The molecule has 3 heterocycles. The van der Waals surface area contributed by atoms with E-state index in [1.54, 1.807) is 18.2 Å². The topological polar surface area (TPSA) is 76.3 Å². The highest BCUT2D eigenvalue weighted by atomic mass is 79.9. The van der Waals surface area contributed by atoms with Crippen LogP contribution in [-0.4, -0.2) is 16.1 Å². The van der Waals surface area contributed by atoms with Gasteiger partial charge in [0.1, 0.15) is 10.6 Å². The van der Waals surface area contributed by atoms with Crippen LogP contribution in [0.5, 0.6) is 0 Å². The third-order valence-corrected chi connectivity index (χ3v) is 6.97. The van der Waals surface area contributed by atoms with Crippen LogP contribution in [0.4, 0.5) is 5.13 Å². The summed E-state index contributed by atoms with van der Waals surface area (Å²) in [6.07, 6.45) is 0.759. The molecule has 0 radical (unpaired) electrons. The van der Waals surface area contributed by atoms with E-state index in [-0.39, 0.29) is 16.8 Å². The van der Waals surface area contributed by atoms with Gasteiger partial charge in [0.15, 0.2) is 5.43 Å². The van der Waals surface area contributed by atoms with Crippen LogP contribution in [0.25, 0.3) is 11.0 Å². The fourth-order valence-electron chi connectivity index (χ4n) is 3.88. The number of aromatic nitrogens is 2. The van der Waals surface area contributed by atoms with Gasteiger partial charge >= 0.3 is 0 Å². The Labute approximate surface area is 201 Å². The Morgan fingerprint density at radius 3 is 2.62 bits per heavy atom. The van der Waals surface area contributed by atoms with Gasteiger partial charge in [-0.15, -0.1) is 10.2 Å². The van der Waals surface area contributed by atoms with Gasteiger partial charge in [-0.2, -0.15) is 0 Å². The molecule has 1 atom stereocenters. The lowest BCUT2D eigenvalue weighted by Gasteiger charge is -2.22. The summed E-state index contributed by atoms with van der Waals surface area (Å²) >= 11 is 10.9. The summed E-state index contributed by atoms with van der Waals surface area (Å²) in [6.45, 7) is 4.20. The second-order valence-corrected chi connectivity index (χ2v) is 10.4. The minimum absolute atomic E-state index is 0.0263. The Morgan fingerprint density at radius 2 is 1.91 bits per heavy atom.